The maximum Gasteiger partial charge on any atom is 0.490 e. The summed E-state index contributed by atoms with van der Waals surface area (Å²) in [6, 6.07) is 2.84. The van der Waals surface area contributed by atoms with E-state index >= 15 is 0 Å². The first-order valence-corrected chi connectivity index (χ1v) is 42.0. The highest BCUT2D eigenvalue weighted by Crippen LogP contribution is 2.69. The molecule has 3 aliphatic heterocycles. The molecule has 9 unspecified atom stereocenters. The Labute approximate surface area is 611 Å². The Bertz CT molecular complexity index is 5000. The fourth-order valence-electron chi connectivity index (χ4n) is 9.08. The molecule has 17 N–H and O–H groups in total. The fourth-order valence-corrected chi connectivity index (χ4v) is 18.2. The second kappa shape index (κ2) is 37.7. The van der Waals surface area contributed by atoms with Crippen molar-refractivity contribution in [3.8, 4) is 0 Å². The van der Waals surface area contributed by atoms with Gasteiger partial charge in [-0.2, -0.15) is 30.8 Å². The van der Waals surface area contributed by atoms with Crippen LogP contribution in [-0.4, -0.2) is 166 Å². The highest BCUT2D eigenvalue weighted by molar-refractivity contribution is 7.67. The van der Waals surface area contributed by atoms with Crippen molar-refractivity contribution in [1.82, 2.24) is 33.6 Å². The van der Waals surface area contributed by atoms with Gasteiger partial charge in [0.05, 0.1) is 43.5 Å². The lowest BCUT2D eigenvalue weighted by Gasteiger charge is -2.26. The SMILES string of the molecule is CC(N=[N+]=[N-])(N=[N+]=[N-])OC1C[C@H](n2ccc(N)nc2=O)O[C@@H]1COP(=O)(O)OP(=O)(O)OP(=O)(O)O.CC(N=[N+]=[N-])(N=[N+]=[N-])OC1C[C@H](n2ccc3c(N)ncnc32)O[C@@H]1COP(=O)(O)OP(=O)(O)OP(=O)(O)O.Cc1cn([C@H]2CC(OC(C)(N=[N+]=[N-])N=[N+]=[N-])[C@@H](COP(=O)(O)OP(=O)(O)OP(=O)(O)O)O2)c(=O)[nH]c1=O. The zero-order valence-electron chi connectivity index (χ0n) is 55.2. The van der Waals surface area contributed by atoms with E-state index < -0.39 is 180 Å². The largest absolute Gasteiger partial charge is 0.490 e. The molecule has 3 aliphatic rings. The number of azide groups is 3. The van der Waals surface area contributed by atoms with Gasteiger partial charge in [0.1, 0.15) is 60.6 Å². The lowest BCUT2D eigenvalue weighted by atomic mass is 10.2. The summed E-state index contributed by atoms with van der Waals surface area (Å²) in [5.74, 6) is -6.43. The standard InChI is InChI=1S/C13H19N10O12P3.C12H19N8O14P3.C11H18N9O13P3/c1-13(19-21-15,20-22-16)33-8-4-10(23-3-2-7-11(14)17-6-18-12(7)23)32-9(8)5-31-37(27,28)35-38(29,30)34-36(24,25)26;1-6-4-20(11(22)15-10(6)21)9-3-7(32-12(2,16-18-13)17-19-14)8(31-9)5-30-36(26,27)34-37(28,29)33-35(23,24)25;1-11(16-18-13,17-19-14)31-6-4-9(20-3-2-8(12)15-10(20)21)30-7(6)5-29-35(25,26)33-36(27,28)32-34(22,23)24/h2-3,6,8-10H,4-5H2,1H3,(H,27,28)(H,29,30)(H2,14,17,18)(H2,24,25,26);4,7-9H,3,5H2,1-2H3,(H,26,27)(H,28,29)(H,15,21,22)(H2,23,24,25);2-3,6-7,9H,4-5H2,1H3,(H,25,26)(H,27,28)(H2,12,15,21)(H2,22,23,24)/t8?,9-,10-;7?,8-,9-;6?,7-,9-/m111/s1. The van der Waals surface area contributed by atoms with Crippen molar-refractivity contribution in [3.05, 3.63) is 137 Å². The van der Waals surface area contributed by atoms with Gasteiger partial charge in [-0.15, -0.1) is 0 Å². The third kappa shape index (κ3) is 30.2. The number of nitrogen functional groups attached to an aromatic ring is 2. The number of phosphoric ester groups is 3. The number of aromatic amines is 1. The molecule has 3 saturated heterocycles. The zero-order valence-corrected chi connectivity index (χ0v) is 63.3. The number of anilines is 2. The van der Waals surface area contributed by atoms with Crippen LogP contribution in [0.4, 0.5) is 11.6 Å². The number of H-pyrrole nitrogens is 1. The Morgan fingerprint density at radius 3 is 1.15 bits per heavy atom. The quantitative estimate of drug-likeness (QED) is 0.0128. The lowest BCUT2D eigenvalue weighted by molar-refractivity contribution is -0.114. The molecule has 0 saturated carbocycles. The second-order valence-electron chi connectivity index (χ2n) is 21.4. The maximum atomic E-state index is 12.3. The number of aryl methyl sites for hydroxylation is 1. The van der Waals surface area contributed by atoms with E-state index in [2.05, 4.69) is 115 Å². The number of aromatic nitrogens is 7. The molecule has 15 atom stereocenters. The summed E-state index contributed by atoms with van der Waals surface area (Å²) in [5, 5.41) is 19.9. The van der Waals surface area contributed by atoms with Crippen molar-refractivity contribution in [2.75, 3.05) is 31.3 Å². The van der Waals surface area contributed by atoms with Gasteiger partial charge in [0, 0.05) is 72.9 Å². The van der Waals surface area contributed by atoms with Gasteiger partial charge in [-0.05, 0) is 73.0 Å². The highest BCUT2D eigenvalue weighted by Gasteiger charge is 2.50. The average Bonchev–Trinajstić information content (AvgIpc) is 1.64. The Kier molecular flexibility index (Phi) is 32.0. The van der Waals surface area contributed by atoms with Crippen LogP contribution in [0.3, 0.4) is 0 Å². The summed E-state index contributed by atoms with van der Waals surface area (Å²) in [4.78, 5) is 173. The molecule has 3 fully saturated rings. The summed E-state index contributed by atoms with van der Waals surface area (Å²) in [7, 11) is -50.8. The van der Waals surface area contributed by atoms with Gasteiger partial charge in [-0.25, -0.2) is 60.6 Å². The van der Waals surface area contributed by atoms with E-state index in [1.807, 2.05) is 4.98 Å². The Morgan fingerprint density at radius 2 is 0.829 bits per heavy atom. The fraction of sp³-hybridized carbons (Fsp3) is 0.611. The molecule has 4 aromatic rings. The van der Waals surface area contributed by atoms with Gasteiger partial charge >= 0.3 is 81.8 Å². The van der Waals surface area contributed by atoms with E-state index in [1.165, 1.54) is 30.1 Å². The minimum atomic E-state index is -5.80. The molecule has 0 aromatic carbocycles. The molecule has 0 spiro atoms. The molecule has 66 nitrogen and oxygen atoms in total. The van der Waals surface area contributed by atoms with Crippen LogP contribution in [-0.2, 0) is 109 Å². The molecule has 4 aromatic heterocycles. The van der Waals surface area contributed by atoms with Crippen molar-refractivity contribution < 1.29 is 168 Å². The number of nitrogens with zero attached hydrogens (tertiary/aromatic N) is 24. The summed E-state index contributed by atoms with van der Waals surface area (Å²) in [6.45, 7) is 1.73. The maximum absolute atomic E-state index is 12.3. The molecule has 0 amide bonds. The summed E-state index contributed by atoms with van der Waals surface area (Å²) in [6.07, 6.45) is -6.83. The molecule has 0 bridgehead atoms. The smallest absolute Gasteiger partial charge is 0.383 e. The topological polar surface area (TPSA) is 1000 Å². The summed E-state index contributed by atoms with van der Waals surface area (Å²) < 4.78 is 176. The Balaban J connectivity index is 0.000000298. The predicted octanol–water partition coefficient (Wildman–Crippen LogP) is 4.61. The van der Waals surface area contributed by atoms with Crippen LogP contribution in [0.15, 0.2) is 82.1 Å². The van der Waals surface area contributed by atoms with E-state index in [4.69, 9.17) is 102 Å². The number of fused-ring (bicyclic) bond motifs is 1. The molecule has 111 heavy (non-hydrogen) atoms. The number of hydrogen-bond donors (Lipinski definition) is 15. The third-order valence-corrected chi connectivity index (χ3v) is 24.4. The van der Waals surface area contributed by atoms with Gasteiger partial charge in [0.2, 0.25) is 17.5 Å². The van der Waals surface area contributed by atoms with E-state index in [0.29, 0.717) is 11.0 Å². The zero-order chi connectivity index (χ0) is 84.0. The van der Waals surface area contributed by atoms with Gasteiger partial charge in [0.15, 0.2) is 0 Å². The first-order chi connectivity index (χ1) is 50.9. The number of rotatable bonds is 36. The van der Waals surface area contributed by atoms with Crippen LogP contribution in [0.25, 0.3) is 73.7 Å². The van der Waals surface area contributed by atoms with Crippen LogP contribution in [0.2, 0.25) is 0 Å². The second-order valence-corrected chi connectivity index (χ2v) is 34.7. The van der Waals surface area contributed by atoms with Crippen molar-refractivity contribution in [1.29, 1.82) is 0 Å². The first-order valence-electron chi connectivity index (χ1n) is 28.4. The van der Waals surface area contributed by atoms with Crippen LogP contribution >= 0.6 is 70.4 Å². The summed E-state index contributed by atoms with van der Waals surface area (Å²) >= 11 is 0. The van der Waals surface area contributed by atoms with E-state index in [1.54, 1.807) is 12.3 Å². The van der Waals surface area contributed by atoms with E-state index in [0.717, 1.165) is 36.1 Å². The van der Waals surface area contributed by atoms with Crippen molar-refractivity contribution in [2.45, 2.75) is 120 Å². The number of ether oxygens (including phenoxy) is 6. The predicted molar refractivity (Wildman–Crippen MR) is 351 cm³/mol. The normalized spacial score (nSPS) is 24.7. The monoisotopic (exact) mass is 1770 g/mol. The molecular weight excluding hydrogens is 1710 g/mol. The molecule has 75 heteroatoms. The number of nitrogens with two attached hydrogens (primary N) is 2. The van der Waals surface area contributed by atoms with E-state index in [-0.39, 0.29) is 36.5 Å². The Morgan fingerprint density at radius 1 is 0.505 bits per heavy atom. The van der Waals surface area contributed by atoms with Gasteiger partial charge in [-0.3, -0.25) is 32.5 Å². The number of nitrogens with one attached hydrogen (secondary N) is 1. The van der Waals surface area contributed by atoms with Crippen LogP contribution in [0, 0.1) is 6.92 Å². The van der Waals surface area contributed by atoms with E-state index in [9.17, 15) is 84.8 Å². The van der Waals surface area contributed by atoms with Gasteiger partial charge < -0.3 is 103 Å². The minimum Gasteiger partial charge on any atom is -0.383 e. The van der Waals surface area contributed by atoms with Crippen molar-refractivity contribution in [3.63, 3.8) is 0 Å². The first kappa shape index (κ1) is 94.2. The number of phosphoric acid groups is 9. The molecule has 7 heterocycles. The minimum absolute atomic E-state index is 0.0738. The summed E-state index contributed by atoms with van der Waals surface area (Å²) in [5.41, 5.74) is 61.8. The van der Waals surface area contributed by atoms with Gasteiger partial charge in [-0.1, -0.05) is 30.7 Å². The third-order valence-electron chi connectivity index (χ3n) is 13.0. The van der Waals surface area contributed by atoms with Crippen molar-refractivity contribution >= 4 is 93.1 Å². The highest BCUT2D eigenvalue weighted by atomic mass is 31.3. The Hall–Kier alpha value is -7.37. The molecule has 7 rings (SSSR count). The molecule has 614 valence electrons. The van der Waals surface area contributed by atoms with Crippen LogP contribution in [0.1, 0.15) is 64.3 Å². The molecular formula is C36H56N27O39P9. The molecule has 0 aliphatic carbocycles. The number of hydrogen-bond acceptors (Lipinski definition) is 38. The molecule has 0 radical (unpaired) electrons. The lowest BCUT2D eigenvalue weighted by Crippen LogP contribution is -2.36. The van der Waals surface area contributed by atoms with Crippen LogP contribution < -0.4 is 28.4 Å². The average molecular weight is 1770 g/mol. The van der Waals surface area contributed by atoms with Gasteiger partial charge in [0.25, 0.3) is 5.56 Å². The van der Waals surface area contributed by atoms with Crippen molar-refractivity contribution in [2.24, 2.45) is 30.7 Å². The van der Waals surface area contributed by atoms with Crippen LogP contribution in [0.5, 0.6) is 0 Å².